The van der Waals surface area contributed by atoms with E-state index < -0.39 is 25.6 Å². The molecule has 0 N–H and O–H groups in total. The molecule has 6 nitrogen and oxygen atoms in total. The fourth-order valence-electron chi connectivity index (χ4n) is 0.981. The number of hydrogen-bond donors (Lipinski definition) is 0. The third-order valence-electron chi connectivity index (χ3n) is 1.58. The fourth-order valence-corrected chi connectivity index (χ4v) is 1.61. The van der Waals surface area contributed by atoms with Gasteiger partial charge in [-0.1, -0.05) is 6.07 Å². The summed E-state index contributed by atoms with van der Waals surface area (Å²) in [6, 6.07) is 3.32. The van der Waals surface area contributed by atoms with Crippen molar-refractivity contribution in [1.82, 2.24) is 0 Å². The molecule has 0 atom stereocenters. The van der Waals surface area contributed by atoms with Gasteiger partial charge < -0.3 is 4.55 Å². The van der Waals surface area contributed by atoms with E-state index >= 15 is 0 Å². The minimum absolute atomic E-state index is 0. The van der Waals surface area contributed by atoms with Gasteiger partial charge in [-0.15, -0.1) is 0 Å². The summed E-state index contributed by atoms with van der Waals surface area (Å²) in [4.78, 5) is 8.73. The largest absolute Gasteiger partial charge is 1.00 e. The molecule has 0 saturated heterocycles. The zero-order valence-electron chi connectivity index (χ0n) is 8.13. The molecule has 0 aromatic heterocycles. The van der Waals surface area contributed by atoms with Crippen molar-refractivity contribution in [3.05, 3.63) is 33.9 Å². The number of nitrogens with zero attached hydrogens (tertiary/aromatic N) is 1. The molecule has 76 valence electrons. The molecule has 1 aromatic carbocycles. The van der Waals surface area contributed by atoms with Gasteiger partial charge in [0.15, 0.2) is 0 Å². The Hall–Kier alpha value is 0.166. The average molecular weight is 255 g/mol. The Bertz CT molecular complexity index is 484. The van der Waals surface area contributed by atoms with Gasteiger partial charge in [0.05, 0.1) is 4.92 Å². The van der Waals surface area contributed by atoms with E-state index in [1.54, 1.807) is 6.92 Å². The summed E-state index contributed by atoms with van der Waals surface area (Å²) in [7, 11) is -4.79. The predicted molar refractivity (Wildman–Crippen MR) is 45.8 cm³/mol. The molecule has 1 rings (SSSR count). The van der Waals surface area contributed by atoms with Gasteiger partial charge in [-0.3, -0.25) is 10.1 Å². The molecule has 0 spiro atoms. The van der Waals surface area contributed by atoms with Gasteiger partial charge in [-0.05, 0) is 18.6 Å². The van der Waals surface area contributed by atoms with Crippen LogP contribution in [0.1, 0.15) is 5.56 Å². The average Bonchev–Trinajstić information content (AvgIpc) is 2.01. The first-order valence-electron chi connectivity index (χ1n) is 3.53. The maximum absolute atomic E-state index is 10.6. The zero-order valence-corrected chi connectivity index (χ0v) is 12.1. The maximum Gasteiger partial charge on any atom is 1.00 e. The molecule has 0 radical (unpaired) electrons. The normalized spacial score (nSPS) is 10.5. The Morgan fingerprint density at radius 3 is 2.27 bits per heavy atom. The van der Waals surface area contributed by atoms with Crippen LogP contribution in [-0.2, 0) is 10.1 Å². The number of benzene rings is 1. The third kappa shape index (κ3) is 3.91. The van der Waals surface area contributed by atoms with E-state index in [0.29, 0.717) is 5.56 Å². The van der Waals surface area contributed by atoms with Crippen molar-refractivity contribution >= 4 is 15.8 Å². The maximum atomic E-state index is 10.6. The number of nitro groups is 1. The summed E-state index contributed by atoms with van der Waals surface area (Å²) < 4.78 is 31.8. The van der Waals surface area contributed by atoms with Crippen molar-refractivity contribution < 1.29 is 69.3 Å². The second-order valence-electron chi connectivity index (χ2n) is 2.68. The second kappa shape index (κ2) is 5.48. The van der Waals surface area contributed by atoms with Gasteiger partial charge >= 0.3 is 51.4 Å². The van der Waals surface area contributed by atoms with Crippen LogP contribution in [-0.4, -0.2) is 17.9 Å². The van der Waals surface area contributed by atoms with Gasteiger partial charge in [0.2, 0.25) is 0 Å². The number of aryl methyl sites for hydroxylation is 1. The Kier molecular flexibility index (Phi) is 5.54. The SMILES string of the molecule is Cc1ccc(S(=O)(=O)[O-])c([N+](=O)[O-])c1.[K+]. The summed E-state index contributed by atoms with van der Waals surface area (Å²) in [5.74, 6) is 0. The molecule has 0 fully saturated rings. The molecule has 0 unspecified atom stereocenters. The fraction of sp³-hybridized carbons (Fsp3) is 0.143. The Morgan fingerprint density at radius 1 is 1.33 bits per heavy atom. The van der Waals surface area contributed by atoms with E-state index in [-0.39, 0.29) is 51.4 Å². The molecule has 0 aliphatic rings. The van der Waals surface area contributed by atoms with Crippen LogP contribution in [0.4, 0.5) is 5.69 Å². The van der Waals surface area contributed by atoms with Crippen molar-refractivity contribution in [3.63, 3.8) is 0 Å². The summed E-state index contributed by atoms with van der Waals surface area (Å²) in [5.41, 5.74) is -0.163. The summed E-state index contributed by atoms with van der Waals surface area (Å²) in [5, 5.41) is 10.4. The Labute approximate surface area is 129 Å². The minimum Gasteiger partial charge on any atom is -0.744 e. The number of hydrogen-bond acceptors (Lipinski definition) is 5. The first-order valence-corrected chi connectivity index (χ1v) is 4.94. The van der Waals surface area contributed by atoms with Crippen LogP contribution >= 0.6 is 0 Å². The third-order valence-corrected chi connectivity index (χ3v) is 2.46. The van der Waals surface area contributed by atoms with Crippen LogP contribution in [0, 0.1) is 17.0 Å². The van der Waals surface area contributed by atoms with E-state index in [2.05, 4.69) is 0 Å². The van der Waals surface area contributed by atoms with Crippen molar-refractivity contribution in [3.8, 4) is 0 Å². The standard InChI is InChI=1S/C7H7NO5S.K/c1-5-2-3-7(14(11,12)13)6(4-5)8(9)10;/h2-4H,1H3,(H,11,12,13);/q;+1/p-1. The molecule has 8 heteroatoms. The quantitative estimate of drug-likeness (QED) is 0.259. The van der Waals surface area contributed by atoms with Crippen molar-refractivity contribution in [2.45, 2.75) is 11.8 Å². The van der Waals surface area contributed by atoms with Crippen LogP contribution in [0.15, 0.2) is 23.1 Å². The second-order valence-corrected chi connectivity index (χ2v) is 4.03. The Morgan fingerprint density at radius 2 is 1.87 bits per heavy atom. The van der Waals surface area contributed by atoms with Gasteiger partial charge in [0, 0.05) is 6.07 Å². The van der Waals surface area contributed by atoms with Gasteiger partial charge in [-0.25, -0.2) is 8.42 Å². The monoisotopic (exact) mass is 255 g/mol. The number of nitro benzene ring substituents is 1. The minimum atomic E-state index is -4.79. The van der Waals surface area contributed by atoms with E-state index in [1.165, 1.54) is 6.07 Å². The van der Waals surface area contributed by atoms with E-state index in [4.69, 9.17) is 0 Å². The van der Waals surface area contributed by atoms with E-state index in [1.807, 2.05) is 0 Å². The van der Waals surface area contributed by atoms with Crippen LogP contribution in [0.2, 0.25) is 0 Å². The summed E-state index contributed by atoms with van der Waals surface area (Å²) >= 11 is 0. The molecule has 0 aliphatic heterocycles. The van der Waals surface area contributed by atoms with Crippen molar-refractivity contribution in [2.24, 2.45) is 0 Å². The van der Waals surface area contributed by atoms with Gasteiger partial charge in [-0.2, -0.15) is 0 Å². The molecule has 0 heterocycles. The first kappa shape index (κ1) is 15.2. The molecule has 0 aliphatic carbocycles. The van der Waals surface area contributed by atoms with Crippen molar-refractivity contribution in [1.29, 1.82) is 0 Å². The molecule has 15 heavy (non-hydrogen) atoms. The topological polar surface area (TPSA) is 100 Å². The predicted octanol–water partition coefficient (Wildman–Crippen LogP) is -2.19. The molecular weight excluding hydrogens is 249 g/mol. The van der Waals surface area contributed by atoms with E-state index in [9.17, 15) is 23.1 Å². The van der Waals surface area contributed by atoms with Gasteiger partial charge in [0.1, 0.15) is 15.0 Å². The zero-order chi connectivity index (χ0) is 10.9. The van der Waals surface area contributed by atoms with Crippen LogP contribution < -0.4 is 51.4 Å². The first-order chi connectivity index (χ1) is 6.32. The van der Waals surface area contributed by atoms with Crippen LogP contribution in [0.25, 0.3) is 0 Å². The molecule has 0 saturated carbocycles. The van der Waals surface area contributed by atoms with Gasteiger partial charge in [0.25, 0.3) is 5.69 Å². The smallest absolute Gasteiger partial charge is 0.744 e. The summed E-state index contributed by atoms with van der Waals surface area (Å²) in [6.07, 6.45) is 0. The molecule has 0 amide bonds. The number of rotatable bonds is 2. The Balaban J connectivity index is 0.00000196. The molecule has 1 aromatic rings. The van der Waals surface area contributed by atoms with E-state index in [0.717, 1.165) is 12.1 Å². The van der Waals surface area contributed by atoms with Crippen LogP contribution in [0.3, 0.4) is 0 Å². The van der Waals surface area contributed by atoms with Crippen LogP contribution in [0.5, 0.6) is 0 Å². The summed E-state index contributed by atoms with van der Waals surface area (Å²) in [6.45, 7) is 1.56. The molecular formula is C7H6KNO5S. The van der Waals surface area contributed by atoms with Crippen molar-refractivity contribution in [2.75, 3.05) is 0 Å². The molecule has 0 bridgehead atoms.